The van der Waals surface area contributed by atoms with Gasteiger partial charge in [0, 0.05) is 5.33 Å². The molecule has 0 N–H and O–H groups in total. The number of hydrogen-bond acceptors (Lipinski definition) is 0. The fourth-order valence-electron chi connectivity index (χ4n) is 0.148. The molecule has 0 heterocycles. The van der Waals surface area contributed by atoms with Gasteiger partial charge in [0.2, 0.25) is 0 Å². The first-order valence-corrected chi connectivity index (χ1v) is 2.87. The second-order valence-corrected chi connectivity index (χ2v) is 1.47. The molecule has 0 radical (unpaired) electrons. The summed E-state index contributed by atoms with van der Waals surface area (Å²) in [7, 11) is 0. The fraction of sp³-hybridized carbons (Fsp3) is 0.200. The van der Waals surface area contributed by atoms with E-state index in [0.29, 0.717) is 0 Å². The van der Waals surface area contributed by atoms with Crippen molar-refractivity contribution in [1.82, 2.24) is 0 Å². The van der Waals surface area contributed by atoms with Crippen LogP contribution in [0.2, 0.25) is 0 Å². The van der Waals surface area contributed by atoms with E-state index in [1.165, 1.54) is 0 Å². The molecule has 0 aliphatic heterocycles. The third kappa shape index (κ3) is 3.96. The molecule has 0 saturated carbocycles. The molecule has 0 saturated heterocycles. The maximum absolute atomic E-state index is 3.49. The molecule has 0 rings (SSSR count). The molecular formula is C5H7Br. The van der Waals surface area contributed by atoms with Gasteiger partial charge < -0.3 is 0 Å². The Labute approximate surface area is 46.7 Å². The maximum Gasteiger partial charge on any atom is 0.0215 e. The molecule has 0 fully saturated rings. The van der Waals surface area contributed by atoms with Crippen LogP contribution >= 0.6 is 15.9 Å². The Kier molecular flexibility index (Phi) is 4.93. The highest BCUT2D eigenvalue weighted by atomic mass is 79.9. The van der Waals surface area contributed by atoms with Crippen LogP contribution in [-0.2, 0) is 0 Å². The summed E-state index contributed by atoms with van der Waals surface area (Å²) in [6.07, 6.45) is 5.63. The van der Waals surface area contributed by atoms with Gasteiger partial charge in [0.15, 0.2) is 0 Å². The molecule has 0 atom stereocenters. The predicted molar refractivity (Wildman–Crippen MR) is 33.1 cm³/mol. The van der Waals surface area contributed by atoms with Crippen LogP contribution in [0.25, 0.3) is 0 Å². The zero-order valence-corrected chi connectivity index (χ0v) is 5.11. The third-order valence-corrected chi connectivity index (χ3v) is 0.735. The minimum absolute atomic E-state index is 0.916. The van der Waals surface area contributed by atoms with Gasteiger partial charge >= 0.3 is 0 Å². The van der Waals surface area contributed by atoms with Crippen molar-refractivity contribution in [2.24, 2.45) is 0 Å². The molecule has 1 heteroatoms. The quantitative estimate of drug-likeness (QED) is 0.414. The van der Waals surface area contributed by atoms with Gasteiger partial charge in [-0.2, -0.15) is 0 Å². The Hall–Kier alpha value is -0.0400. The molecule has 0 amide bonds. The van der Waals surface area contributed by atoms with Gasteiger partial charge in [0.05, 0.1) is 0 Å². The number of halogens is 1. The van der Waals surface area contributed by atoms with E-state index in [-0.39, 0.29) is 0 Å². The minimum Gasteiger partial charge on any atom is -0.0991 e. The van der Waals surface area contributed by atoms with E-state index in [1.807, 2.05) is 12.2 Å². The molecule has 0 spiro atoms. The summed E-state index contributed by atoms with van der Waals surface area (Å²) >= 11 is 3.22. The van der Waals surface area contributed by atoms with Crippen LogP contribution in [0.15, 0.2) is 24.8 Å². The highest BCUT2D eigenvalue weighted by Gasteiger charge is 1.57. The second kappa shape index (κ2) is 4.96. The summed E-state index contributed by atoms with van der Waals surface area (Å²) in [5, 5.41) is 0.916. The lowest BCUT2D eigenvalue weighted by Crippen LogP contribution is -1.51. The molecule has 0 aromatic rings. The monoisotopic (exact) mass is 146 g/mol. The zero-order chi connectivity index (χ0) is 4.83. The molecule has 0 aliphatic carbocycles. The topological polar surface area (TPSA) is 0 Å². The lowest BCUT2D eigenvalue weighted by atomic mass is 10.5. The lowest BCUT2D eigenvalue weighted by Gasteiger charge is -1.66. The van der Waals surface area contributed by atoms with Crippen LogP contribution in [0.3, 0.4) is 0 Å². The first kappa shape index (κ1) is 5.96. The number of hydrogen-bond donors (Lipinski definition) is 0. The second-order valence-electron chi connectivity index (χ2n) is 0.818. The average Bonchev–Trinajstić information content (AvgIpc) is 1.61. The molecule has 0 aromatic carbocycles. The van der Waals surface area contributed by atoms with Gasteiger partial charge in [-0.1, -0.05) is 40.7 Å². The Morgan fingerprint density at radius 1 is 1.67 bits per heavy atom. The molecule has 0 aliphatic rings. The lowest BCUT2D eigenvalue weighted by molar-refractivity contribution is 1.80. The summed E-state index contributed by atoms with van der Waals surface area (Å²) in [6.45, 7) is 3.49. The van der Waals surface area contributed by atoms with Crippen LogP contribution in [0, 0.1) is 0 Å². The van der Waals surface area contributed by atoms with E-state index >= 15 is 0 Å². The summed E-state index contributed by atoms with van der Waals surface area (Å²) in [6, 6.07) is 0. The Morgan fingerprint density at radius 2 is 2.33 bits per heavy atom. The first-order chi connectivity index (χ1) is 2.91. The van der Waals surface area contributed by atoms with E-state index in [0.717, 1.165) is 5.33 Å². The summed E-state index contributed by atoms with van der Waals surface area (Å²) in [5.41, 5.74) is 0. The van der Waals surface area contributed by atoms with Crippen molar-refractivity contribution < 1.29 is 0 Å². The molecule has 0 bridgehead atoms. The molecule has 6 heavy (non-hydrogen) atoms. The van der Waals surface area contributed by atoms with Crippen LogP contribution in [0.1, 0.15) is 0 Å². The smallest absolute Gasteiger partial charge is 0.0215 e. The third-order valence-electron chi connectivity index (χ3n) is 0.361. The highest BCUT2D eigenvalue weighted by molar-refractivity contribution is 9.09. The summed E-state index contributed by atoms with van der Waals surface area (Å²) < 4.78 is 0. The Bertz CT molecular complexity index is 55.0. The van der Waals surface area contributed by atoms with E-state index in [9.17, 15) is 0 Å². The number of alkyl halides is 1. The highest BCUT2D eigenvalue weighted by Crippen LogP contribution is 1.79. The van der Waals surface area contributed by atoms with Crippen LogP contribution in [0.5, 0.6) is 0 Å². The van der Waals surface area contributed by atoms with Gasteiger partial charge in [0.1, 0.15) is 0 Å². The zero-order valence-electron chi connectivity index (χ0n) is 3.52. The van der Waals surface area contributed by atoms with Crippen molar-refractivity contribution in [3.63, 3.8) is 0 Å². The van der Waals surface area contributed by atoms with Gasteiger partial charge in [0.25, 0.3) is 0 Å². The summed E-state index contributed by atoms with van der Waals surface area (Å²) in [5.74, 6) is 0. The van der Waals surface area contributed by atoms with Crippen molar-refractivity contribution in [2.45, 2.75) is 0 Å². The van der Waals surface area contributed by atoms with Crippen molar-refractivity contribution in [3.8, 4) is 0 Å². The van der Waals surface area contributed by atoms with Crippen LogP contribution < -0.4 is 0 Å². The van der Waals surface area contributed by atoms with Gasteiger partial charge in [-0.3, -0.25) is 0 Å². The normalized spacial score (nSPS) is 9.50. The van der Waals surface area contributed by atoms with Gasteiger partial charge in [-0.25, -0.2) is 0 Å². The minimum atomic E-state index is 0.916. The molecule has 0 nitrogen and oxygen atoms in total. The number of rotatable bonds is 2. The van der Waals surface area contributed by atoms with E-state index in [1.54, 1.807) is 6.08 Å². The predicted octanol–water partition coefficient (Wildman–Crippen LogP) is 2.12. The summed E-state index contributed by atoms with van der Waals surface area (Å²) in [4.78, 5) is 0. The van der Waals surface area contributed by atoms with Gasteiger partial charge in [-0.05, 0) is 0 Å². The fourth-order valence-corrected chi connectivity index (χ4v) is 0.363. The van der Waals surface area contributed by atoms with Crippen molar-refractivity contribution in [3.05, 3.63) is 24.8 Å². The molecule has 0 unspecified atom stereocenters. The van der Waals surface area contributed by atoms with E-state index < -0.39 is 0 Å². The van der Waals surface area contributed by atoms with E-state index in [4.69, 9.17) is 0 Å². The van der Waals surface area contributed by atoms with Gasteiger partial charge in [-0.15, -0.1) is 0 Å². The molecule has 34 valence electrons. The van der Waals surface area contributed by atoms with Crippen molar-refractivity contribution in [2.75, 3.05) is 5.33 Å². The SMILES string of the molecule is C=CC=CCBr. The Morgan fingerprint density at radius 3 is 2.50 bits per heavy atom. The maximum atomic E-state index is 3.49. The van der Waals surface area contributed by atoms with Crippen molar-refractivity contribution in [1.29, 1.82) is 0 Å². The number of allylic oxidation sites excluding steroid dienone is 3. The van der Waals surface area contributed by atoms with E-state index in [2.05, 4.69) is 22.5 Å². The Balaban J connectivity index is 2.94. The van der Waals surface area contributed by atoms with Crippen LogP contribution in [0.4, 0.5) is 0 Å². The largest absolute Gasteiger partial charge is 0.0991 e. The standard InChI is InChI=1S/C5H7Br/c1-2-3-4-5-6/h2-4H,1,5H2. The van der Waals surface area contributed by atoms with Crippen LogP contribution in [-0.4, -0.2) is 5.33 Å². The first-order valence-electron chi connectivity index (χ1n) is 1.75. The molecule has 0 aromatic heterocycles. The average molecular weight is 147 g/mol. The van der Waals surface area contributed by atoms with Crippen molar-refractivity contribution >= 4 is 15.9 Å². The molecular weight excluding hydrogens is 140 g/mol.